The minimum absolute atomic E-state index is 0.126. The van der Waals surface area contributed by atoms with E-state index in [1.165, 1.54) is 0 Å². The molecule has 0 spiro atoms. The molecule has 1 unspecified atom stereocenters. The van der Waals surface area contributed by atoms with Gasteiger partial charge >= 0.3 is 0 Å². The fourth-order valence-corrected chi connectivity index (χ4v) is 3.38. The van der Waals surface area contributed by atoms with Crippen LogP contribution in [0.5, 0.6) is 0 Å². The van der Waals surface area contributed by atoms with E-state index in [9.17, 15) is 4.79 Å². The van der Waals surface area contributed by atoms with Crippen LogP contribution < -0.4 is 5.56 Å². The first-order chi connectivity index (χ1) is 13.3. The van der Waals surface area contributed by atoms with Gasteiger partial charge in [-0.05, 0) is 5.56 Å². The number of hydrogen-bond acceptors (Lipinski definition) is 5. The molecule has 0 radical (unpaired) electrons. The van der Waals surface area contributed by atoms with Crippen LogP contribution in [0.2, 0.25) is 0 Å². The molecule has 1 aliphatic rings. The summed E-state index contributed by atoms with van der Waals surface area (Å²) in [6.07, 6.45) is 0. The van der Waals surface area contributed by atoms with Gasteiger partial charge in [-0.2, -0.15) is 5.10 Å². The van der Waals surface area contributed by atoms with Crippen molar-refractivity contribution in [1.29, 1.82) is 0 Å². The van der Waals surface area contributed by atoms with Crippen LogP contribution >= 0.6 is 0 Å². The summed E-state index contributed by atoms with van der Waals surface area (Å²) < 4.78 is 5.46. The number of aromatic nitrogens is 3. The van der Waals surface area contributed by atoms with Gasteiger partial charge in [-0.3, -0.25) is 9.69 Å². The van der Waals surface area contributed by atoms with Gasteiger partial charge in [-0.15, -0.1) is 0 Å². The molecule has 6 heteroatoms. The van der Waals surface area contributed by atoms with Gasteiger partial charge in [-0.25, -0.2) is 10.1 Å². The number of nitrogens with zero attached hydrogens (tertiary/aromatic N) is 3. The van der Waals surface area contributed by atoms with Crippen molar-refractivity contribution in [2.24, 2.45) is 0 Å². The van der Waals surface area contributed by atoms with E-state index in [1.54, 1.807) is 0 Å². The van der Waals surface area contributed by atoms with Crippen molar-refractivity contribution >= 4 is 0 Å². The largest absolute Gasteiger partial charge is 0.379 e. The second kappa shape index (κ2) is 8.24. The van der Waals surface area contributed by atoms with Gasteiger partial charge in [0, 0.05) is 31.1 Å². The second-order valence-electron chi connectivity index (χ2n) is 6.62. The first-order valence-electron chi connectivity index (χ1n) is 9.18. The zero-order valence-electron chi connectivity index (χ0n) is 15.0. The third-order valence-electron chi connectivity index (χ3n) is 4.83. The fraction of sp³-hybridized carbons (Fsp3) is 0.286. The topological polar surface area (TPSA) is 71.1 Å². The molecule has 2 heterocycles. The Morgan fingerprint density at radius 2 is 1.67 bits per heavy atom. The van der Waals surface area contributed by atoms with Crippen LogP contribution in [0.25, 0.3) is 11.4 Å². The highest BCUT2D eigenvalue weighted by atomic mass is 16.5. The van der Waals surface area contributed by atoms with Gasteiger partial charge in [0.2, 0.25) is 0 Å². The molecule has 0 bridgehead atoms. The quantitative estimate of drug-likeness (QED) is 0.754. The van der Waals surface area contributed by atoms with Crippen LogP contribution in [0.4, 0.5) is 0 Å². The fourth-order valence-electron chi connectivity index (χ4n) is 3.38. The molecule has 6 nitrogen and oxygen atoms in total. The molecule has 1 aromatic heterocycles. The molecule has 0 amide bonds. The predicted molar refractivity (Wildman–Crippen MR) is 104 cm³/mol. The lowest BCUT2D eigenvalue weighted by molar-refractivity contribution is 0.0363. The Labute approximate surface area is 157 Å². The minimum Gasteiger partial charge on any atom is -0.379 e. The lowest BCUT2D eigenvalue weighted by Gasteiger charge is -2.30. The molecular formula is C21H22N4O2. The Morgan fingerprint density at radius 1 is 1.00 bits per heavy atom. The highest BCUT2D eigenvalue weighted by Gasteiger charge is 2.24. The summed E-state index contributed by atoms with van der Waals surface area (Å²) in [4.78, 5) is 19.6. The Hall–Kier alpha value is -2.83. The maximum Gasteiger partial charge on any atom is 0.286 e. The molecule has 1 fully saturated rings. The molecule has 4 rings (SSSR count). The number of aromatic amines is 1. The zero-order valence-corrected chi connectivity index (χ0v) is 15.0. The zero-order chi connectivity index (χ0) is 18.5. The highest BCUT2D eigenvalue weighted by molar-refractivity contribution is 5.54. The SMILES string of the molecule is O=c1[nH]nc(-c2ccccc2)nc1C(CN1CCOCC1)c1ccccc1. The molecule has 138 valence electrons. The van der Waals surface area contributed by atoms with Gasteiger partial charge in [0.15, 0.2) is 5.82 Å². The molecule has 0 saturated carbocycles. The summed E-state index contributed by atoms with van der Waals surface area (Å²) in [6, 6.07) is 19.8. The average molecular weight is 362 g/mol. The maximum atomic E-state index is 12.6. The number of morpholine rings is 1. The monoisotopic (exact) mass is 362 g/mol. The molecule has 1 N–H and O–H groups in total. The van der Waals surface area contributed by atoms with Gasteiger partial charge < -0.3 is 4.74 Å². The normalized spacial score (nSPS) is 16.1. The van der Waals surface area contributed by atoms with E-state index in [-0.39, 0.29) is 11.5 Å². The first-order valence-corrected chi connectivity index (χ1v) is 9.18. The molecular weight excluding hydrogens is 340 g/mol. The van der Waals surface area contributed by atoms with E-state index in [4.69, 9.17) is 4.74 Å². The molecule has 1 aliphatic heterocycles. The van der Waals surface area contributed by atoms with Crippen LogP contribution in [0.1, 0.15) is 17.2 Å². The summed E-state index contributed by atoms with van der Waals surface area (Å²) in [7, 11) is 0. The third kappa shape index (κ3) is 4.13. The number of ether oxygens (including phenoxy) is 1. The average Bonchev–Trinajstić information content (AvgIpc) is 2.75. The van der Waals surface area contributed by atoms with Crippen molar-refractivity contribution in [1.82, 2.24) is 20.1 Å². The molecule has 0 aliphatic carbocycles. The Kier molecular flexibility index (Phi) is 5.37. The summed E-state index contributed by atoms with van der Waals surface area (Å²) in [5, 5.41) is 6.79. The van der Waals surface area contributed by atoms with Gasteiger partial charge in [0.05, 0.1) is 13.2 Å². The van der Waals surface area contributed by atoms with Crippen LogP contribution in [0.15, 0.2) is 65.5 Å². The molecule has 1 saturated heterocycles. The predicted octanol–water partition coefficient (Wildman–Crippen LogP) is 2.30. The van der Waals surface area contributed by atoms with Crippen LogP contribution in [0, 0.1) is 0 Å². The van der Waals surface area contributed by atoms with Crippen LogP contribution in [-0.2, 0) is 4.74 Å². The van der Waals surface area contributed by atoms with Crippen molar-refractivity contribution in [2.45, 2.75) is 5.92 Å². The van der Waals surface area contributed by atoms with Gasteiger partial charge in [0.25, 0.3) is 5.56 Å². The summed E-state index contributed by atoms with van der Waals surface area (Å²) in [5.74, 6) is 0.409. The van der Waals surface area contributed by atoms with E-state index in [2.05, 4.69) is 32.2 Å². The first kappa shape index (κ1) is 17.6. The summed E-state index contributed by atoms with van der Waals surface area (Å²) in [5.41, 5.74) is 2.22. The maximum absolute atomic E-state index is 12.6. The third-order valence-corrected chi connectivity index (χ3v) is 4.83. The number of hydrogen-bond donors (Lipinski definition) is 1. The van der Waals surface area contributed by atoms with Crippen molar-refractivity contribution in [2.75, 3.05) is 32.8 Å². The number of rotatable bonds is 5. The second-order valence-corrected chi connectivity index (χ2v) is 6.62. The Bertz CT molecular complexity index is 922. The van der Waals surface area contributed by atoms with Crippen molar-refractivity contribution in [3.8, 4) is 11.4 Å². The van der Waals surface area contributed by atoms with Crippen LogP contribution in [0.3, 0.4) is 0 Å². The van der Waals surface area contributed by atoms with E-state index < -0.39 is 0 Å². The number of benzene rings is 2. The number of H-pyrrole nitrogens is 1. The van der Waals surface area contributed by atoms with Crippen molar-refractivity contribution in [3.63, 3.8) is 0 Å². The lowest BCUT2D eigenvalue weighted by atomic mass is 9.95. The molecule has 3 aromatic rings. The van der Waals surface area contributed by atoms with Crippen molar-refractivity contribution in [3.05, 3.63) is 82.3 Å². The van der Waals surface area contributed by atoms with Crippen molar-refractivity contribution < 1.29 is 4.74 Å². The Morgan fingerprint density at radius 3 is 2.37 bits per heavy atom. The molecule has 27 heavy (non-hydrogen) atoms. The molecule has 2 aromatic carbocycles. The van der Waals surface area contributed by atoms with Gasteiger partial charge in [-0.1, -0.05) is 60.7 Å². The number of nitrogens with one attached hydrogen (secondary N) is 1. The van der Waals surface area contributed by atoms with E-state index in [0.717, 1.165) is 44.0 Å². The summed E-state index contributed by atoms with van der Waals surface area (Å²) in [6.45, 7) is 3.88. The van der Waals surface area contributed by atoms with Gasteiger partial charge in [0.1, 0.15) is 5.69 Å². The highest BCUT2D eigenvalue weighted by Crippen LogP contribution is 2.24. The van der Waals surface area contributed by atoms with E-state index in [1.807, 2.05) is 48.5 Å². The minimum atomic E-state index is -0.239. The smallest absolute Gasteiger partial charge is 0.286 e. The molecule has 1 atom stereocenters. The Balaban J connectivity index is 1.74. The summed E-state index contributed by atoms with van der Waals surface area (Å²) >= 11 is 0. The van der Waals surface area contributed by atoms with E-state index in [0.29, 0.717) is 11.5 Å². The van der Waals surface area contributed by atoms with Crippen LogP contribution in [-0.4, -0.2) is 52.9 Å². The van der Waals surface area contributed by atoms with E-state index >= 15 is 0 Å². The lowest BCUT2D eigenvalue weighted by Crippen LogP contribution is -2.40. The standard InChI is InChI=1S/C21H22N4O2/c26-21-19(22-20(23-24-21)17-9-5-2-6-10-17)18(16-7-3-1-4-8-16)15-25-11-13-27-14-12-25/h1-10,18H,11-15H2,(H,24,26).